The van der Waals surface area contributed by atoms with Gasteiger partial charge in [0.15, 0.2) is 0 Å². The Hall–Kier alpha value is -0.860. The first kappa shape index (κ1) is 10.7. The van der Waals surface area contributed by atoms with Crippen LogP contribution < -0.4 is 0 Å². The van der Waals surface area contributed by atoms with E-state index in [0.29, 0.717) is 5.92 Å². The Morgan fingerprint density at radius 3 is 2.47 bits per heavy atom. The molecule has 2 nitrogen and oxygen atoms in total. The maximum absolute atomic E-state index is 6.05. The van der Waals surface area contributed by atoms with E-state index in [0.717, 1.165) is 6.54 Å². The molecule has 2 rings (SSSR count). The molecular formula is C13H19NO. The lowest BCUT2D eigenvalue weighted by molar-refractivity contribution is -0.0232. The van der Waals surface area contributed by atoms with E-state index < -0.39 is 0 Å². The Morgan fingerprint density at radius 2 is 1.93 bits per heavy atom. The summed E-state index contributed by atoms with van der Waals surface area (Å²) in [5.74, 6) is 0.545. The van der Waals surface area contributed by atoms with Crippen molar-refractivity contribution in [3.8, 4) is 0 Å². The fourth-order valence-corrected chi connectivity index (χ4v) is 2.20. The Bertz CT molecular complexity index is 310. The summed E-state index contributed by atoms with van der Waals surface area (Å²) in [5.41, 5.74) is 1.28. The quantitative estimate of drug-likeness (QED) is 0.736. The van der Waals surface area contributed by atoms with Gasteiger partial charge in [-0.3, -0.25) is 4.90 Å². The Kier molecular flexibility index (Phi) is 3.08. The van der Waals surface area contributed by atoms with Crippen molar-refractivity contribution in [2.75, 3.05) is 13.6 Å². The van der Waals surface area contributed by atoms with Crippen molar-refractivity contribution in [3.05, 3.63) is 35.9 Å². The zero-order chi connectivity index (χ0) is 10.8. The molecule has 0 amide bonds. The van der Waals surface area contributed by atoms with Gasteiger partial charge in [-0.25, -0.2) is 0 Å². The highest BCUT2D eigenvalue weighted by molar-refractivity contribution is 5.18. The molecule has 0 N–H and O–H groups in total. The van der Waals surface area contributed by atoms with Crippen LogP contribution in [0, 0.1) is 5.92 Å². The van der Waals surface area contributed by atoms with E-state index in [-0.39, 0.29) is 12.3 Å². The van der Waals surface area contributed by atoms with Crippen molar-refractivity contribution >= 4 is 0 Å². The molecule has 0 radical (unpaired) electrons. The molecule has 2 atom stereocenters. The topological polar surface area (TPSA) is 12.5 Å². The van der Waals surface area contributed by atoms with Crippen LogP contribution in [-0.4, -0.2) is 24.7 Å². The number of likely N-dealkylation sites (N-methyl/N-ethyl adjacent to an activating group) is 1. The van der Waals surface area contributed by atoms with Crippen molar-refractivity contribution in [1.82, 2.24) is 4.90 Å². The number of nitrogens with zero attached hydrogens (tertiary/aromatic N) is 1. The summed E-state index contributed by atoms with van der Waals surface area (Å²) in [6.45, 7) is 5.40. The number of hydrogen-bond donors (Lipinski definition) is 0. The van der Waals surface area contributed by atoms with Crippen LogP contribution in [0.2, 0.25) is 0 Å². The van der Waals surface area contributed by atoms with E-state index in [2.05, 4.69) is 50.1 Å². The first-order valence-electron chi connectivity index (χ1n) is 5.59. The molecule has 1 aromatic rings. The normalized spacial score (nSPS) is 27.5. The number of rotatable bonds is 2. The highest BCUT2D eigenvalue weighted by Gasteiger charge is 2.32. The van der Waals surface area contributed by atoms with Crippen LogP contribution in [0.5, 0.6) is 0 Å². The third kappa shape index (κ3) is 2.21. The Balaban J connectivity index is 2.09. The van der Waals surface area contributed by atoms with Gasteiger partial charge in [-0.2, -0.15) is 0 Å². The summed E-state index contributed by atoms with van der Waals surface area (Å²) in [6.07, 6.45) is 0.499. The molecule has 1 fully saturated rings. The molecule has 0 aromatic heterocycles. The van der Waals surface area contributed by atoms with Crippen LogP contribution in [0.25, 0.3) is 0 Å². The van der Waals surface area contributed by atoms with Crippen LogP contribution in [0.3, 0.4) is 0 Å². The first-order chi connectivity index (χ1) is 7.18. The average Bonchev–Trinajstić information content (AvgIpc) is 2.62. The van der Waals surface area contributed by atoms with Crippen LogP contribution in [-0.2, 0) is 4.74 Å². The maximum atomic E-state index is 6.05. The monoisotopic (exact) mass is 205 g/mol. The molecule has 0 bridgehead atoms. The first-order valence-corrected chi connectivity index (χ1v) is 5.59. The van der Waals surface area contributed by atoms with Crippen molar-refractivity contribution in [1.29, 1.82) is 0 Å². The summed E-state index contributed by atoms with van der Waals surface area (Å²) in [7, 11) is 2.13. The van der Waals surface area contributed by atoms with Crippen molar-refractivity contribution < 1.29 is 4.74 Å². The van der Waals surface area contributed by atoms with Crippen LogP contribution in [0.15, 0.2) is 30.3 Å². The minimum Gasteiger partial charge on any atom is -0.354 e. The van der Waals surface area contributed by atoms with Gasteiger partial charge < -0.3 is 4.74 Å². The molecule has 2 heteroatoms. The van der Waals surface area contributed by atoms with Crippen LogP contribution in [0.4, 0.5) is 0 Å². The average molecular weight is 205 g/mol. The second kappa shape index (κ2) is 4.33. The molecule has 0 saturated carbocycles. The standard InChI is InChI=1S/C13H19NO/c1-10(2)13-14(3)9-12(15-13)11-7-5-4-6-8-11/h4-8,10,12-13H,9H2,1-3H3/t12-,13-/m0/s1. The third-order valence-corrected chi connectivity index (χ3v) is 2.93. The molecule has 1 heterocycles. The molecule has 1 aliphatic heterocycles. The Labute approximate surface area is 91.9 Å². The lowest BCUT2D eigenvalue weighted by Gasteiger charge is -2.21. The zero-order valence-corrected chi connectivity index (χ0v) is 9.68. The molecule has 1 aromatic carbocycles. The molecule has 15 heavy (non-hydrogen) atoms. The highest BCUT2D eigenvalue weighted by atomic mass is 16.5. The van der Waals surface area contributed by atoms with Gasteiger partial charge in [0, 0.05) is 6.54 Å². The van der Waals surface area contributed by atoms with Gasteiger partial charge in [-0.05, 0) is 18.5 Å². The van der Waals surface area contributed by atoms with Crippen LogP contribution in [0.1, 0.15) is 25.5 Å². The third-order valence-electron chi connectivity index (χ3n) is 2.93. The zero-order valence-electron chi connectivity index (χ0n) is 9.68. The van der Waals surface area contributed by atoms with E-state index in [4.69, 9.17) is 4.74 Å². The molecule has 0 aliphatic carbocycles. The van der Waals surface area contributed by atoms with Gasteiger partial charge in [-0.15, -0.1) is 0 Å². The van der Waals surface area contributed by atoms with Crippen molar-refractivity contribution in [2.45, 2.75) is 26.2 Å². The van der Waals surface area contributed by atoms with E-state index in [1.165, 1.54) is 5.56 Å². The smallest absolute Gasteiger partial charge is 0.113 e. The van der Waals surface area contributed by atoms with Crippen molar-refractivity contribution in [2.24, 2.45) is 5.92 Å². The van der Waals surface area contributed by atoms with Gasteiger partial charge in [-0.1, -0.05) is 44.2 Å². The van der Waals surface area contributed by atoms with E-state index in [1.54, 1.807) is 0 Å². The van der Waals surface area contributed by atoms with Gasteiger partial charge in [0.2, 0.25) is 0 Å². The fraction of sp³-hybridized carbons (Fsp3) is 0.538. The minimum absolute atomic E-state index is 0.239. The summed E-state index contributed by atoms with van der Waals surface area (Å²) in [5, 5.41) is 0. The maximum Gasteiger partial charge on any atom is 0.113 e. The van der Waals surface area contributed by atoms with Gasteiger partial charge in [0.25, 0.3) is 0 Å². The summed E-state index contributed by atoms with van der Waals surface area (Å²) in [4.78, 5) is 2.29. The van der Waals surface area contributed by atoms with E-state index in [1.807, 2.05) is 6.07 Å². The predicted molar refractivity (Wildman–Crippen MR) is 61.5 cm³/mol. The largest absolute Gasteiger partial charge is 0.354 e. The lowest BCUT2D eigenvalue weighted by Crippen LogP contribution is -2.30. The van der Waals surface area contributed by atoms with Crippen molar-refractivity contribution in [3.63, 3.8) is 0 Å². The van der Waals surface area contributed by atoms with E-state index in [9.17, 15) is 0 Å². The van der Waals surface area contributed by atoms with E-state index >= 15 is 0 Å². The van der Waals surface area contributed by atoms with Gasteiger partial charge in [0.05, 0.1) is 6.10 Å². The molecule has 1 saturated heterocycles. The molecule has 1 aliphatic rings. The fourth-order valence-electron chi connectivity index (χ4n) is 2.20. The van der Waals surface area contributed by atoms with Gasteiger partial charge >= 0.3 is 0 Å². The summed E-state index contributed by atoms with van der Waals surface area (Å²) in [6, 6.07) is 10.5. The second-order valence-corrected chi connectivity index (χ2v) is 4.61. The van der Waals surface area contributed by atoms with Gasteiger partial charge in [0.1, 0.15) is 6.23 Å². The Morgan fingerprint density at radius 1 is 1.27 bits per heavy atom. The van der Waals surface area contributed by atoms with Crippen LogP contribution >= 0.6 is 0 Å². The molecule has 82 valence electrons. The second-order valence-electron chi connectivity index (χ2n) is 4.61. The number of benzene rings is 1. The minimum atomic E-state index is 0.239. The molecule has 0 unspecified atom stereocenters. The molecular weight excluding hydrogens is 186 g/mol. The summed E-state index contributed by atoms with van der Waals surface area (Å²) < 4.78 is 6.05. The predicted octanol–water partition coefficient (Wildman–Crippen LogP) is 2.67. The summed E-state index contributed by atoms with van der Waals surface area (Å²) >= 11 is 0. The highest BCUT2D eigenvalue weighted by Crippen LogP contribution is 2.30. The molecule has 0 spiro atoms. The number of ether oxygens (including phenoxy) is 1. The lowest BCUT2D eigenvalue weighted by atomic mass is 10.1. The SMILES string of the molecule is CC(C)[C@@H]1O[C@H](c2ccccc2)CN1C. The number of hydrogen-bond acceptors (Lipinski definition) is 2.